The van der Waals surface area contributed by atoms with Gasteiger partial charge in [-0.3, -0.25) is 0 Å². The topological polar surface area (TPSA) is 92.5 Å². The first kappa shape index (κ1) is 18.9. The lowest BCUT2D eigenvalue weighted by molar-refractivity contribution is 0.0600. The quantitative estimate of drug-likeness (QED) is 0.580. The monoisotopic (exact) mass is 393 g/mol. The Morgan fingerprint density at radius 3 is 2.62 bits per heavy atom. The number of carbonyl (C=O) groups is 2. The van der Waals surface area contributed by atoms with E-state index in [1.54, 1.807) is 31.4 Å². The van der Waals surface area contributed by atoms with Crippen molar-refractivity contribution in [3.8, 4) is 5.75 Å². The summed E-state index contributed by atoms with van der Waals surface area (Å²) in [6.07, 6.45) is 2.83. The third-order valence-corrected chi connectivity index (χ3v) is 5.28. The van der Waals surface area contributed by atoms with Crippen LogP contribution in [0.25, 0.3) is 10.9 Å². The molecule has 29 heavy (non-hydrogen) atoms. The van der Waals surface area contributed by atoms with Crippen molar-refractivity contribution in [2.45, 2.75) is 25.3 Å². The Morgan fingerprint density at radius 2 is 1.90 bits per heavy atom. The number of aromatic nitrogens is 1. The van der Waals surface area contributed by atoms with Crippen molar-refractivity contribution in [3.63, 3.8) is 0 Å². The van der Waals surface area contributed by atoms with Crippen LogP contribution in [0.1, 0.15) is 40.5 Å². The summed E-state index contributed by atoms with van der Waals surface area (Å²) in [6, 6.07) is 12.2. The lowest BCUT2D eigenvalue weighted by Crippen LogP contribution is -2.34. The summed E-state index contributed by atoms with van der Waals surface area (Å²) in [4.78, 5) is 27.5. The SMILES string of the molecule is COC(=O)c1ccc(NC(=O)NC2CCCc3c2[nH]c2ccc(OC)cc32)cc1. The van der Waals surface area contributed by atoms with Crippen molar-refractivity contribution in [3.05, 3.63) is 59.3 Å². The average Bonchev–Trinajstić information content (AvgIpc) is 3.12. The van der Waals surface area contributed by atoms with E-state index in [4.69, 9.17) is 4.74 Å². The highest BCUT2D eigenvalue weighted by Crippen LogP contribution is 2.36. The predicted molar refractivity (Wildman–Crippen MR) is 110 cm³/mol. The van der Waals surface area contributed by atoms with E-state index in [2.05, 4.69) is 20.4 Å². The number of rotatable bonds is 4. The molecule has 1 atom stereocenters. The van der Waals surface area contributed by atoms with E-state index in [0.717, 1.165) is 41.6 Å². The Labute approximate surface area is 168 Å². The molecule has 1 aromatic heterocycles. The molecule has 0 saturated carbocycles. The molecule has 150 valence electrons. The van der Waals surface area contributed by atoms with Gasteiger partial charge < -0.3 is 25.1 Å². The highest BCUT2D eigenvalue weighted by Gasteiger charge is 2.25. The highest BCUT2D eigenvalue weighted by atomic mass is 16.5. The average molecular weight is 393 g/mol. The largest absolute Gasteiger partial charge is 0.497 e. The minimum absolute atomic E-state index is 0.0912. The molecule has 0 bridgehead atoms. The van der Waals surface area contributed by atoms with Gasteiger partial charge in [0, 0.05) is 22.3 Å². The number of carbonyl (C=O) groups excluding carboxylic acids is 2. The summed E-state index contributed by atoms with van der Waals surface area (Å²) in [5.74, 6) is 0.411. The number of H-pyrrole nitrogens is 1. The summed E-state index contributed by atoms with van der Waals surface area (Å²) in [5, 5.41) is 7.02. The van der Waals surface area contributed by atoms with Crippen molar-refractivity contribution < 1.29 is 19.1 Å². The number of anilines is 1. The number of nitrogens with one attached hydrogen (secondary N) is 3. The molecule has 3 N–H and O–H groups in total. The van der Waals surface area contributed by atoms with Crippen LogP contribution in [0.2, 0.25) is 0 Å². The maximum atomic E-state index is 12.5. The number of ether oxygens (including phenoxy) is 2. The van der Waals surface area contributed by atoms with Gasteiger partial charge in [0.2, 0.25) is 0 Å². The van der Waals surface area contributed by atoms with Crippen LogP contribution in [0.4, 0.5) is 10.5 Å². The number of aryl methyl sites for hydroxylation is 1. The highest BCUT2D eigenvalue weighted by molar-refractivity contribution is 5.93. The summed E-state index contributed by atoms with van der Waals surface area (Å²) in [5.41, 5.74) is 4.37. The van der Waals surface area contributed by atoms with Gasteiger partial charge in [-0.2, -0.15) is 0 Å². The van der Waals surface area contributed by atoms with E-state index in [1.807, 2.05) is 18.2 Å². The van der Waals surface area contributed by atoms with Gasteiger partial charge in [-0.15, -0.1) is 0 Å². The van der Waals surface area contributed by atoms with Crippen molar-refractivity contribution in [1.82, 2.24) is 10.3 Å². The van der Waals surface area contributed by atoms with E-state index >= 15 is 0 Å². The number of benzene rings is 2. The lowest BCUT2D eigenvalue weighted by Gasteiger charge is -2.24. The number of hydrogen-bond acceptors (Lipinski definition) is 4. The van der Waals surface area contributed by atoms with Crippen molar-refractivity contribution in [2.75, 3.05) is 19.5 Å². The van der Waals surface area contributed by atoms with Crippen molar-refractivity contribution in [1.29, 1.82) is 0 Å². The fourth-order valence-corrected chi connectivity index (χ4v) is 3.85. The molecular weight excluding hydrogens is 370 g/mol. The Kier molecular flexibility index (Phi) is 5.12. The Balaban J connectivity index is 1.49. The minimum Gasteiger partial charge on any atom is -0.497 e. The first-order valence-corrected chi connectivity index (χ1v) is 9.53. The third-order valence-electron chi connectivity index (χ3n) is 5.28. The molecular formula is C22H23N3O4. The standard InChI is InChI=1S/C22H23N3O4/c1-28-15-10-11-18-17(12-15)16-4-3-5-19(20(16)24-18)25-22(27)23-14-8-6-13(7-9-14)21(26)29-2/h6-12,19,24H,3-5H2,1-2H3,(H2,23,25,27). The summed E-state index contributed by atoms with van der Waals surface area (Å²) in [6.45, 7) is 0. The molecule has 2 amide bonds. The minimum atomic E-state index is -0.411. The molecule has 1 aliphatic carbocycles. The van der Waals surface area contributed by atoms with Gasteiger partial charge in [0.1, 0.15) is 5.75 Å². The lowest BCUT2D eigenvalue weighted by atomic mass is 9.92. The number of esters is 1. The molecule has 1 heterocycles. The third kappa shape index (κ3) is 3.76. The molecule has 7 heteroatoms. The number of urea groups is 1. The van der Waals surface area contributed by atoms with E-state index in [1.165, 1.54) is 12.7 Å². The number of hydrogen-bond donors (Lipinski definition) is 3. The molecule has 1 aliphatic rings. The molecule has 7 nitrogen and oxygen atoms in total. The van der Waals surface area contributed by atoms with Crippen LogP contribution in [-0.4, -0.2) is 31.2 Å². The van der Waals surface area contributed by atoms with Crippen LogP contribution in [0.15, 0.2) is 42.5 Å². The van der Waals surface area contributed by atoms with Crippen molar-refractivity contribution >= 4 is 28.6 Å². The van der Waals surface area contributed by atoms with E-state index in [9.17, 15) is 9.59 Å². The molecule has 0 radical (unpaired) electrons. The van der Waals surface area contributed by atoms with Crippen LogP contribution >= 0.6 is 0 Å². The van der Waals surface area contributed by atoms with Crippen LogP contribution in [0, 0.1) is 0 Å². The normalized spacial score (nSPS) is 15.4. The second kappa shape index (κ2) is 7.87. The number of amides is 2. The summed E-state index contributed by atoms with van der Waals surface area (Å²) < 4.78 is 10.0. The van der Waals surface area contributed by atoms with E-state index in [-0.39, 0.29) is 12.1 Å². The fraction of sp³-hybridized carbons (Fsp3) is 0.273. The zero-order valence-corrected chi connectivity index (χ0v) is 16.4. The maximum absolute atomic E-state index is 12.5. The van der Waals surface area contributed by atoms with Crippen LogP contribution in [-0.2, 0) is 11.2 Å². The van der Waals surface area contributed by atoms with Gasteiger partial charge in [-0.1, -0.05) is 0 Å². The zero-order valence-electron chi connectivity index (χ0n) is 16.4. The Morgan fingerprint density at radius 1 is 1.10 bits per heavy atom. The van der Waals surface area contributed by atoms with Gasteiger partial charge in [-0.25, -0.2) is 9.59 Å². The molecule has 2 aromatic carbocycles. The molecule has 0 aliphatic heterocycles. The van der Waals surface area contributed by atoms with Gasteiger partial charge in [0.15, 0.2) is 0 Å². The van der Waals surface area contributed by atoms with E-state index in [0.29, 0.717) is 11.3 Å². The first-order chi connectivity index (χ1) is 14.1. The molecule has 0 fully saturated rings. The number of fused-ring (bicyclic) bond motifs is 3. The molecule has 3 aromatic rings. The predicted octanol–water partition coefficient (Wildman–Crippen LogP) is 4.16. The number of aromatic amines is 1. The first-order valence-electron chi connectivity index (χ1n) is 9.53. The van der Waals surface area contributed by atoms with Gasteiger partial charge in [-0.05, 0) is 67.3 Å². The Hall–Kier alpha value is -3.48. The number of methoxy groups -OCH3 is 2. The van der Waals surface area contributed by atoms with Gasteiger partial charge in [0.05, 0.1) is 25.8 Å². The van der Waals surface area contributed by atoms with Gasteiger partial charge in [0.25, 0.3) is 0 Å². The van der Waals surface area contributed by atoms with Crippen LogP contribution in [0.5, 0.6) is 5.75 Å². The fourth-order valence-electron chi connectivity index (χ4n) is 3.85. The molecule has 0 spiro atoms. The zero-order chi connectivity index (χ0) is 20.4. The molecule has 4 rings (SSSR count). The molecule has 0 saturated heterocycles. The van der Waals surface area contributed by atoms with E-state index < -0.39 is 5.97 Å². The van der Waals surface area contributed by atoms with Gasteiger partial charge >= 0.3 is 12.0 Å². The molecule has 1 unspecified atom stereocenters. The smallest absolute Gasteiger partial charge is 0.337 e. The second-order valence-electron chi connectivity index (χ2n) is 7.04. The van der Waals surface area contributed by atoms with Crippen LogP contribution in [0.3, 0.4) is 0 Å². The maximum Gasteiger partial charge on any atom is 0.337 e. The van der Waals surface area contributed by atoms with Crippen molar-refractivity contribution in [2.24, 2.45) is 0 Å². The van der Waals surface area contributed by atoms with Crippen LogP contribution < -0.4 is 15.4 Å². The summed E-state index contributed by atoms with van der Waals surface area (Å²) >= 11 is 0. The summed E-state index contributed by atoms with van der Waals surface area (Å²) in [7, 11) is 2.99. The Bertz CT molecular complexity index is 1060. The second-order valence-corrected chi connectivity index (χ2v) is 7.04.